The van der Waals surface area contributed by atoms with Crippen LogP contribution in [0.5, 0.6) is 0 Å². The van der Waals surface area contributed by atoms with E-state index in [0.29, 0.717) is 0 Å². The van der Waals surface area contributed by atoms with Crippen LogP contribution >= 0.6 is 0 Å². The molecule has 1 N–H and O–H groups in total. The Balaban J connectivity index is 2.21. The molecule has 3 nitrogen and oxygen atoms in total. The Morgan fingerprint density at radius 2 is 1.35 bits per heavy atom. The number of rotatable bonds is 4. The zero-order valence-corrected chi connectivity index (χ0v) is 13.3. The van der Waals surface area contributed by atoms with E-state index in [-0.39, 0.29) is 10.8 Å². The van der Waals surface area contributed by atoms with Crippen LogP contribution in [0.25, 0.3) is 0 Å². The molecule has 0 unspecified atom stereocenters. The average molecular weight is 334 g/mol. The second-order valence-electron chi connectivity index (χ2n) is 6.86. The smallest absolute Gasteiger partial charge is 0.310 e. The Bertz CT molecular complexity index is 625. The fourth-order valence-electron chi connectivity index (χ4n) is 3.00. The minimum Gasteiger partial charge on any atom is -0.460 e. The standard InChI is InChI=1S/C16H18F4O3/c1-15(2)13(16(15,3)4)14(22)23-6-8-11(19)9(17)7(5-21)10(18)12(8)20/h13,21H,5-6H2,1-4H3. The van der Waals surface area contributed by atoms with Gasteiger partial charge in [-0.15, -0.1) is 0 Å². The van der Waals surface area contributed by atoms with Crippen LogP contribution in [-0.2, 0) is 22.7 Å². The van der Waals surface area contributed by atoms with Gasteiger partial charge in [0.15, 0.2) is 23.3 Å². The van der Waals surface area contributed by atoms with Crippen LogP contribution in [0.2, 0.25) is 0 Å². The van der Waals surface area contributed by atoms with Crippen LogP contribution in [0, 0.1) is 40.0 Å². The predicted octanol–water partition coefficient (Wildman–Crippen LogP) is 3.46. The van der Waals surface area contributed by atoms with Gasteiger partial charge in [-0.05, 0) is 10.8 Å². The molecule has 23 heavy (non-hydrogen) atoms. The first kappa shape index (κ1) is 17.7. The summed E-state index contributed by atoms with van der Waals surface area (Å²) in [6.07, 6.45) is 0. The van der Waals surface area contributed by atoms with Crippen molar-refractivity contribution < 1.29 is 32.2 Å². The number of halogens is 4. The molecule has 0 amide bonds. The molecule has 7 heteroatoms. The molecule has 1 fully saturated rings. The van der Waals surface area contributed by atoms with Crippen LogP contribution in [0.3, 0.4) is 0 Å². The van der Waals surface area contributed by atoms with Crippen LogP contribution in [0.4, 0.5) is 17.6 Å². The van der Waals surface area contributed by atoms with Crippen molar-refractivity contribution in [1.29, 1.82) is 0 Å². The lowest BCUT2D eigenvalue weighted by molar-refractivity contribution is -0.148. The third-order valence-electron chi connectivity index (χ3n) is 5.22. The van der Waals surface area contributed by atoms with Gasteiger partial charge < -0.3 is 9.84 Å². The molecule has 1 aliphatic rings. The van der Waals surface area contributed by atoms with E-state index in [1.54, 1.807) is 0 Å². The molecule has 0 heterocycles. The second-order valence-corrected chi connectivity index (χ2v) is 6.86. The maximum Gasteiger partial charge on any atom is 0.310 e. The summed E-state index contributed by atoms with van der Waals surface area (Å²) in [5, 5.41) is 8.75. The molecule has 0 bridgehead atoms. The highest BCUT2D eigenvalue weighted by Crippen LogP contribution is 2.68. The number of hydrogen-bond acceptors (Lipinski definition) is 3. The molecule has 128 valence electrons. The van der Waals surface area contributed by atoms with E-state index >= 15 is 0 Å². The van der Waals surface area contributed by atoms with Gasteiger partial charge in [-0.25, -0.2) is 17.6 Å². The number of aliphatic hydroxyl groups is 1. The van der Waals surface area contributed by atoms with Crippen molar-refractivity contribution in [2.24, 2.45) is 16.7 Å². The number of aliphatic hydroxyl groups excluding tert-OH is 1. The lowest BCUT2D eigenvalue weighted by Gasteiger charge is -2.11. The summed E-state index contributed by atoms with van der Waals surface area (Å²) in [7, 11) is 0. The zero-order chi connectivity index (χ0) is 17.7. The summed E-state index contributed by atoms with van der Waals surface area (Å²) >= 11 is 0. The lowest BCUT2D eigenvalue weighted by atomic mass is 10.0. The monoisotopic (exact) mass is 334 g/mol. The molecule has 2 rings (SSSR count). The molecule has 1 aromatic carbocycles. The third kappa shape index (κ3) is 2.51. The van der Waals surface area contributed by atoms with Crippen LogP contribution < -0.4 is 0 Å². The van der Waals surface area contributed by atoms with E-state index in [1.807, 2.05) is 27.7 Å². The molecule has 0 aliphatic heterocycles. The van der Waals surface area contributed by atoms with Crippen LogP contribution in [0.15, 0.2) is 0 Å². The Morgan fingerprint density at radius 3 is 1.70 bits per heavy atom. The molecular formula is C16H18F4O3. The average Bonchev–Trinajstić information content (AvgIpc) is 2.87. The highest BCUT2D eigenvalue weighted by Gasteiger charge is 2.69. The van der Waals surface area contributed by atoms with Crippen molar-refractivity contribution in [2.75, 3.05) is 0 Å². The summed E-state index contributed by atoms with van der Waals surface area (Å²) in [4.78, 5) is 12.0. The highest BCUT2D eigenvalue weighted by molar-refractivity contribution is 5.78. The normalized spacial score (nSPS) is 18.8. The number of carbonyl (C=O) groups is 1. The summed E-state index contributed by atoms with van der Waals surface area (Å²) in [5.74, 6) is -7.86. The summed E-state index contributed by atoms with van der Waals surface area (Å²) < 4.78 is 59.5. The molecule has 1 saturated carbocycles. The molecule has 0 atom stereocenters. The van der Waals surface area contributed by atoms with Gasteiger partial charge >= 0.3 is 5.97 Å². The zero-order valence-electron chi connectivity index (χ0n) is 13.3. The van der Waals surface area contributed by atoms with E-state index in [4.69, 9.17) is 9.84 Å². The van der Waals surface area contributed by atoms with Crippen molar-refractivity contribution in [2.45, 2.75) is 40.9 Å². The Kier molecular flexibility index (Phi) is 4.22. The fourth-order valence-corrected chi connectivity index (χ4v) is 3.00. The minimum atomic E-state index is -1.69. The van der Waals surface area contributed by atoms with Gasteiger partial charge in [0.2, 0.25) is 0 Å². The van der Waals surface area contributed by atoms with Crippen molar-refractivity contribution in [3.63, 3.8) is 0 Å². The largest absolute Gasteiger partial charge is 0.460 e. The summed E-state index contributed by atoms with van der Waals surface area (Å²) in [6, 6.07) is 0. The summed E-state index contributed by atoms with van der Waals surface area (Å²) in [6.45, 7) is 5.32. The van der Waals surface area contributed by atoms with Crippen molar-refractivity contribution in [3.05, 3.63) is 34.4 Å². The van der Waals surface area contributed by atoms with Crippen molar-refractivity contribution in [1.82, 2.24) is 0 Å². The third-order valence-corrected chi connectivity index (χ3v) is 5.22. The molecule has 0 saturated heterocycles. The van der Waals surface area contributed by atoms with Gasteiger partial charge in [0.25, 0.3) is 0 Å². The molecule has 1 aromatic rings. The van der Waals surface area contributed by atoms with Gasteiger partial charge in [-0.2, -0.15) is 0 Å². The Labute approximate surface area is 131 Å². The Hall–Kier alpha value is -1.63. The molecule has 0 radical (unpaired) electrons. The van der Waals surface area contributed by atoms with Gasteiger partial charge in [0.1, 0.15) is 6.61 Å². The van der Waals surface area contributed by atoms with E-state index < -0.39 is 59.5 Å². The first-order valence-corrected chi connectivity index (χ1v) is 7.09. The molecular weight excluding hydrogens is 316 g/mol. The SMILES string of the molecule is CC1(C)C(C(=O)OCc2c(F)c(F)c(CO)c(F)c2F)C1(C)C. The summed E-state index contributed by atoms with van der Waals surface area (Å²) in [5.41, 5.74) is -2.78. The maximum atomic E-state index is 13.8. The Morgan fingerprint density at radius 1 is 0.957 bits per heavy atom. The second kappa shape index (κ2) is 5.47. The topological polar surface area (TPSA) is 46.5 Å². The lowest BCUT2D eigenvalue weighted by Crippen LogP contribution is -2.15. The van der Waals surface area contributed by atoms with E-state index in [1.165, 1.54) is 0 Å². The maximum absolute atomic E-state index is 13.8. The number of esters is 1. The van der Waals surface area contributed by atoms with Crippen LogP contribution in [0.1, 0.15) is 38.8 Å². The van der Waals surface area contributed by atoms with Gasteiger partial charge in [0.05, 0.1) is 23.7 Å². The molecule has 0 spiro atoms. The predicted molar refractivity (Wildman–Crippen MR) is 73.0 cm³/mol. The minimum absolute atomic E-state index is 0.335. The number of benzene rings is 1. The van der Waals surface area contributed by atoms with E-state index in [2.05, 4.69) is 0 Å². The number of ether oxygens (including phenoxy) is 1. The van der Waals surface area contributed by atoms with Gasteiger partial charge in [-0.1, -0.05) is 27.7 Å². The van der Waals surface area contributed by atoms with Crippen LogP contribution in [-0.4, -0.2) is 11.1 Å². The van der Waals surface area contributed by atoms with Crippen molar-refractivity contribution >= 4 is 5.97 Å². The fraction of sp³-hybridized carbons (Fsp3) is 0.562. The highest BCUT2D eigenvalue weighted by atomic mass is 19.2. The number of hydrogen-bond donors (Lipinski definition) is 1. The first-order chi connectivity index (χ1) is 10.5. The van der Waals surface area contributed by atoms with E-state index in [9.17, 15) is 22.4 Å². The molecule has 0 aromatic heterocycles. The van der Waals surface area contributed by atoms with Gasteiger partial charge in [0, 0.05) is 0 Å². The van der Waals surface area contributed by atoms with E-state index in [0.717, 1.165) is 0 Å². The van der Waals surface area contributed by atoms with Gasteiger partial charge in [-0.3, -0.25) is 4.79 Å². The first-order valence-electron chi connectivity index (χ1n) is 7.09. The molecule has 1 aliphatic carbocycles. The quantitative estimate of drug-likeness (QED) is 0.521. The van der Waals surface area contributed by atoms with Crippen molar-refractivity contribution in [3.8, 4) is 0 Å². The number of carbonyl (C=O) groups excluding carboxylic acids is 1.